The number of sulfonamides is 1. The van der Waals surface area contributed by atoms with Gasteiger partial charge in [-0.2, -0.15) is 0 Å². The third kappa shape index (κ3) is 3.30. The number of carbonyl (C=O) groups is 1. The predicted octanol–water partition coefficient (Wildman–Crippen LogP) is 1.22. The van der Waals surface area contributed by atoms with Gasteiger partial charge in [0.15, 0.2) is 5.78 Å². The predicted molar refractivity (Wildman–Crippen MR) is 62.1 cm³/mol. The third-order valence-electron chi connectivity index (χ3n) is 1.97. The van der Waals surface area contributed by atoms with E-state index in [1.807, 2.05) is 6.92 Å². The zero-order valence-electron chi connectivity index (χ0n) is 9.44. The van der Waals surface area contributed by atoms with Crippen LogP contribution in [-0.4, -0.2) is 25.4 Å². The molecule has 16 heavy (non-hydrogen) atoms. The molecule has 0 aliphatic heterocycles. The highest BCUT2D eigenvalue weighted by atomic mass is 32.2. The third-order valence-corrected chi connectivity index (χ3v) is 2.56. The van der Waals surface area contributed by atoms with Crippen molar-refractivity contribution in [2.24, 2.45) is 0 Å². The summed E-state index contributed by atoms with van der Waals surface area (Å²) >= 11 is 0. The van der Waals surface area contributed by atoms with E-state index in [1.165, 1.54) is 13.0 Å². The quantitative estimate of drug-likeness (QED) is 0.805. The van der Waals surface area contributed by atoms with Crippen molar-refractivity contribution in [2.45, 2.75) is 20.3 Å². The number of carbonyl (C=O) groups excluding carboxylic acids is 1. The van der Waals surface area contributed by atoms with Crippen LogP contribution in [0.15, 0.2) is 12.1 Å². The van der Waals surface area contributed by atoms with Crippen molar-refractivity contribution >= 4 is 21.5 Å². The molecule has 0 fully saturated rings. The molecule has 1 heterocycles. The Bertz CT molecular complexity index is 509. The Morgan fingerprint density at radius 2 is 2.06 bits per heavy atom. The van der Waals surface area contributed by atoms with E-state index in [2.05, 4.69) is 9.71 Å². The Morgan fingerprint density at radius 3 is 2.50 bits per heavy atom. The molecule has 5 nitrogen and oxygen atoms in total. The number of nitrogens with one attached hydrogen (secondary N) is 1. The summed E-state index contributed by atoms with van der Waals surface area (Å²) < 4.78 is 24.5. The van der Waals surface area contributed by atoms with E-state index in [0.717, 1.165) is 6.26 Å². The maximum Gasteiger partial charge on any atom is 0.229 e. The molecule has 0 aliphatic rings. The fourth-order valence-electron chi connectivity index (χ4n) is 1.26. The number of anilines is 1. The van der Waals surface area contributed by atoms with E-state index < -0.39 is 10.0 Å². The largest absolute Gasteiger partial charge is 0.293 e. The zero-order chi connectivity index (χ0) is 12.3. The average molecular weight is 242 g/mol. The van der Waals surface area contributed by atoms with Gasteiger partial charge in [-0.3, -0.25) is 9.52 Å². The average Bonchev–Trinajstić information content (AvgIpc) is 2.15. The number of aromatic nitrogens is 1. The van der Waals surface area contributed by atoms with Crippen molar-refractivity contribution in [3.63, 3.8) is 0 Å². The van der Waals surface area contributed by atoms with Gasteiger partial charge in [-0.15, -0.1) is 0 Å². The monoisotopic (exact) mass is 242 g/mol. The second kappa shape index (κ2) is 4.61. The molecule has 1 aromatic heterocycles. The van der Waals surface area contributed by atoms with Crippen LogP contribution in [0.2, 0.25) is 0 Å². The highest BCUT2D eigenvalue weighted by molar-refractivity contribution is 7.92. The molecule has 0 bridgehead atoms. The summed E-state index contributed by atoms with van der Waals surface area (Å²) in [6.07, 6.45) is 1.63. The fraction of sp³-hybridized carbons (Fsp3) is 0.400. The van der Waals surface area contributed by atoms with Crippen molar-refractivity contribution in [3.05, 3.63) is 23.5 Å². The molecule has 0 radical (unpaired) electrons. The number of Topliss-reactive ketones (excluding diaryl/α,β-unsaturated/α-hetero) is 1. The molecule has 6 heteroatoms. The van der Waals surface area contributed by atoms with Gasteiger partial charge in [0.2, 0.25) is 10.0 Å². The molecule has 0 atom stereocenters. The van der Waals surface area contributed by atoms with Gasteiger partial charge < -0.3 is 0 Å². The van der Waals surface area contributed by atoms with Gasteiger partial charge in [0, 0.05) is 6.92 Å². The summed E-state index contributed by atoms with van der Waals surface area (Å²) in [6, 6.07) is 3.07. The number of hydrogen-bond donors (Lipinski definition) is 1. The van der Waals surface area contributed by atoms with E-state index >= 15 is 0 Å². The van der Waals surface area contributed by atoms with Crippen LogP contribution >= 0.6 is 0 Å². The summed E-state index contributed by atoms with van der Waals surface area (Å²) in [5.74, 6) is -0.138. The SMILES string of the molecule is CCc1nc(C(C)=O)ccc1NS(C)(=O)=O. The lowest BCUT2D eigenvalue weighted by Crippen LogP contribution is -2.13. The normalized spacial score (nSPS) is 11.2. The molecular formula is C10H14N2O3S. The fourth-order valence-corrected chi connectivity index (χ4v) is 1.84. The summed E-state index contributed by atoms with van der Waals surface area (Å²) in [4.78, 5) is 15.2. The van der Waals surface area contributed by atoms with Gasteiger partial charge in [0.25, 0.3) is 0 Å². The lowest BCUT2D eigenvalue weighted by molar-refractivity contribution is 0.101. The Morgan fingerprint density at radius 1 is 1.44 bits per heavy atom. The van der Waals surface area contributed by atoms with Crippen molar-refractivity contribution < 1.29 is 13.2 Å². The number of nitrogens with zero attached hydrogens (tertiary/aromatic N) is 1. The van der Waals surface area contributed by atoms with Crippen LogP contribution in [0, 0.1) is 0 Å². The molecule has 0 saturated carbocycles. The molecule has 0 saturated heterocycles. The van der Waals surface area contributed by atoms with Crippen LogP contribution in [0.25, 0.3) is 0 Å². The maximum absolute atomic E-state index is 11.1. The molecule has 0 unspecified atom stereocenters. The van der Waals surface area contributed by atoms with Gasteiger partial charge >= 0.3 is 0 Å². The van der Waals surface area contributed by atoms with E-state index in [0.29, 0.717) is 23.5 Å². The van der Waals surface area contributed by atoms with Gasteiger partial charge in [0.1, 0.15) is 5.69 Å². The zero-order valence-corrected chi connectivity index (χ0v) is 10.3. The van der Waals surface area contributed by atoms with Crippen molar-refractivity contribution in [3.8, 4) is 0 Å². The minimum atomic E-state index is -3.32. The van der Waals surface area contributed by atoms with Crippen LogP contribution in [0.5, 0.6) is 0 Å². The Balaban J connectivity index is 3.17. The molecular weight excluding hydrogens is 228 g/mol. The lowest BCUT2D eigenvalue weighted by atomic mass is 10.2. The topological polar surface area (TPSA) is 76.1 Å². The van der Waals surface area contributed by atoms with E-state index in [1.54, 1.807) is 6.07 Å². The van der Waals surface area contributed by atoms with Crippen LogP contribution in [0.1, 0.15) is 30.0 Å². The molecule has 1 N–H and O–H groups in total. The molecule has 88 valence electrons. The first kappa shape index (κ1) is 12.6. The second-order valence-corrected chi connectivity index (χ2v) is 5.22. The van der Waals surface area contributed by atoms with Gasteiger partial charge in [0.05, 0.1) is 17.6 Å². The lowest BCUT2D eigenvalue weighted by Gasteiger charge is -2.09. The maximum atomic E-state index is 11.1. The van der Waals surface area contributed by atoms with E-state index in [4.69, 9.17) is 0 Å². The minimum absolute atomic E-state index is 0.138. The summed E-state index contributed by atoms with van der Waals surface area (Å²) in [6.45, 7) is 3.27. The molecule has 1 aromatic rings. The number of aryl methyl sites for hydroxylation is 1. The summed E-state index contributed by atoms with van der Waals surface area (Å²) in [5.41, 5.74) is 1.34. The van der Waals surface area contributed by atoms with Crippen LogP contribution in [0.3, 0.4) is 0 Å². The first-order chi connectivity index (χ1) is 7.33. The molecule has 0 spiro atoms. The van der Waals surface area contributed by atoms with Crippen molar-refractivity contribution in [1.82, 2.24) is 4.98 Å². The Kier molecular flexibility index (Phi) is 3.64. The highest BCUT2D eigenvalue weighted by Crippen LogP contribution is 2.16. The summed E-state index contributed by atoms with van der Waals surface area (Å²) in [5, 5.41) is 0. The number of pyridine rings is 1. The minimum Gasteiger partial charge on any atom is -0.293 e. The molecule has 1 rings (SSSR count). The smallest absolute Gasteiger partial charge is 0.229 e. The summed E-state index contributed by atoms with van der Waals surface area (Å²) in [7, 11) is -3.32. The number of hydrogen-bond acceptors (Lipinski definition) is 4. The van der Waals surface area contributed by atoms with Gasteiger partial charge in [-0.05, 0) is 18.6 Å². The molecule has 0 aromatic carbocycles. The van der Waals surface area contributed by atoms with Crippen LogP contribution < -0.4 is 4.72 Å². The second-order valence-electron chi connectivity index (χ2n) is 3.47. The van der Waals surface area contributed by atoms with Crippen LogP contribution in [-0.2, 0) is 16.4 Å². The Hall–Kier alpha value is -1.43. The first-order valence-corrected chi connectivity index (χ1v) is 6.71. The number of rotatable bonds is 4. The number of ketones is 1. The Labute approximate surface area is 94.9 Å². The molecule has 0 aliphatic carbocycles. The van der Waals surface area contributed by atoms with E-state index in [-0.39, 0.29) is 5.78 Å². The van der Waals surface area contributed by atoms with Crippen molar-refractivity contribution in [2.75, 3.05) is 11.0 Å². The standard InChI is InChI=1S/C10H14N2O3S/c1-4-8-10(12-16(3,14)15)6-5-9(11-8)7(2)13/h5-6,12H,4H2,1-3H3. The van der Waals surface area contributed by atoms with Crippen molar-refractivity contribution in [1.29, 1.82) is 0 Å². The van der Waals surface area contributed by atoms with Gasteiger partial charge in [-0.25, -0.2) is 13.4 Å². The first-order valence-electron chi connectivity index (χ1n) is 4.82. The molecule has 0 amide bonds. The highest BCUT2D eigenvalue weighted by Gasteiger charge is 2.10. The van der Waals surface area contributed by atoms with E-state index in [9.17, 15) is 13.2 Å². The van der Waals surface area contributed by atoms with Gasteiger partial charge in [-0.1, -0.05) is 6.92 Å². The van der Waals surface area contributed by atoms with Crippen LogP contribution in [0.4, 0.5) is 5.69 Å².